The van der Waals surface area contributed by atoms with Crippen molar-refractivity contribution in [3.8, 4) is 11.5 Å². The molecule has 5 nitrogen and oxygen atoms in total. The van der Waals surface area contributed by atoms with Crippen LogP contribution in [0.15, 0.2) is 42.5 Å². The van der Waals surface area contributed by atoms with Crippen LogP contribution in [0.4, 0.5) is 5.69 Å². The summed E-state index contributed by atoms with van der Waals surface area (Å²) in [6, 6.07) is 13.2. The number of rotatable bonds is 4. The largest absolute Gasteiger partial charge is 0.506 e. The quantitative estimate of drug-likeness (QED) is 0.917. The van der Waals surface area contributed by atoms with Gasteiger partial charge in [-0.05, 0) is 50.1 Å². The van der Waals surface area contributed by atoms with Gasteiger partial charge in [0.05, 0.1) is 5.69 Å². The van der Waals surface area contributed by atoms with Crippen molar-refractivity contribution in [2.75, 3.05) is 31.1 Å². The molecule has 0 radical (unpaired) electrons. The van der Waals surface area contributed by atoms with Crippen LogP contribution in [0.25, 0.3) is 0 Å². The predicted octanol–water partition coefficient (Wildman–Crippen LogP) is 3.13. The van der Waals surface area contributed by atoms with Gasteiger partial charge in [0.25, 0.3) is 5.91 Å². The van der Waals surface area contributed by atoms with Crippen LogP contribution in [0, 0.1) is 13.8 Å². The number of anilines is 1. The van der Waals surface area contributed by atoms with Gasteiger partial charge in [0.15, 0.2) is 6.10 Å². The molecule has 3 rings (SSSR count). The van der Waals surface area contributed by atoms with Crippen molar-refractivity contribution in [2.24, 2.45) is 0 Å². The van der Waals surface area contributed by atoms with Crippen molar-refractivity contribution in [3.05, 3.63) is 53.6 Å². The Hall–Kier alpha value is -2.69. The number of phenols is 1. The Bertz CT molecular complexity index is 783. The van der Waals surface area contributed by atoms with Crippen molar-refractivity contribution in [3.63, 3.8) is 0 Å². The standard InChI is InChI=1S/C21H26N2O3/c1-15-7-6-10-20(16(15)2)26-17(3)21(25)23-13-11-22(12-14-23)18-8-4-5-9-19(18)24/h4-10,17,24H,11-14H2,1-3H3/t17-/m0/s1. The van der Waals surface area contributed by atoms with E-state index in [9.17, 15) is 9.90 Å². The lowest BCUT2D eigenvalue weighted by atomic mass is 10.1. The van der Waals surface area contributed by atoms with Gasteiger partial charge in [-0.2, -0.15) is 0 Å². The van der Waals surface area contributed by atoms with Crippen LogP contribution in [0.3, 0.4) is 0 Å². The van der Waals surface area contributed by atoms with Crippen molar-refractivity contribution >= 4 is 11.6 Å². The lowest BCUT2D eigenvalue weighted by Crippen LogP contribution is -2.52. The Morgan fingerprint density at radius 2 is 1.73 bits per heavy atom. The maximum atomic E-state index is 12.7. The highest BCUT2D eigenvalue weighted by atomic mass is 16.5. The minimum Gasteiger partial charge on any atom is -0.506 e. The van der Waals surface area contributed by atoms with E-state index in [4.69, 9.17) is 4.74 Å². The van der Waals surface area contributed by atoms with Gasteiger partial charge in [0, 0.05) is 26.2 Å². The Kier molecular flexibility index (Phi) is 5.35. The van der Waals surface area contributed by atoms with Crippen LogP contribution in [-0.4, -0.2) is 48.2 Å². The second-order valence-electron chi connectivity index (χ2n) is 6.76. The highest BCUT2D eigenvalue weighted by molar-refractivity contribution is 5.81. The van der Waals surface area contributed by atoms with E-state index in [1.807, 2.05) is 55.1 Å². The van der Waals surface area contributed by atoms with Crippen LogP contribution in [0.2, 0.25) is 0 Å². The second-order valence-corrected chi connectivity index (χ2v) is 6.76. The van der Waals surface area contributed by atoms with Crippen LogP contribution >= 0.6 is 0 Å². The molecule has 26 heavy (non-hydrogen) atoms. The van der Waals surface area contributed by atoms with Crippen LogP contribution in [0.1, 0.15) is 18.1 Å². The highest BCUT2D eigenvalue weighted by Crippen LogP contribution is 2.27. The summed E-state index contributed by atoms with van der Waals surface area (Å²) in [5, 5.41) is 10.00. The molecule has 1 aliphatic rings. The van der Waals surface area contributed by atoms with E-state index in [1.165, 1.54) is 0 Å². The number of benzene rings is 2. The van der Waals surface area contributed by atoms with Crippen molar-refractivity contribution in [1.82, 2.24) is 4.90 Å². The highest BCUT2D eigenvalue weighted by Gasteiger charge is 2.27. The summed E-state index contributed by atoms with van der Waals surface area (Å²) < 4.78 is 5.93. The molecule has 0 aromatic heterocycles. The average Bonchev–Trinajstić information content (AvgIpc) is 2.65. The minimum atomic E-state index is -0.521. The molecule has 2 aromatic rings. The molecule has 1 fully saturated rings. The zero-order valence-corrected chi connectivity index (χ0v) is 15.6. The summed E-state index contributed by atoms with van der Waals surface area (Å²) in [5.74, 6) is 1.04. The first-order valence-corrected chi connectivity index (χ1v) is 9.02. The summed E-state index contributed by atoms with van der Waals surface area (Å²) in [5.41, 5.74) is 3.04. The summed E-state index contributed by atoms with van der Waals surface area (Å²) in [6.45, 7) is 8.47. The number of hydrogen-bond acceptors (Lipinski definition) is 4. The molecule has 0 bridgehead atoms. The lowest BCUT2D eigenvalue weighted by molar-refractivity contribution is -0.138. The average molecular weight is 354 g/mol. The number of ether oxygens (including phenoxy) is 1. The third kappa shape index (κ3) is 3.77. The van der Waals surface area contributed by atoms with Crippen LogP contribution < -0.4 is 9.64 Å². The first-order chi connectivity index (χ1) is 12.5. The van der Waals surface area contributed by atoms with E-state index in [0.29, 0.717) is 26.2 Å². The van der Waals surface area contributed by atoms with Gasteiger partial charge in [-0.15, -0.1) is 0 Å². The Morgan fingerprint density at radius 3 is 2.42 bits per heavy atom. The predicted molar refractivity (Wildman–Crippen MR) is 103 cm³/mol. The fourth-order valence-corrected chi connectivity index (χ4v) is 3.25. The number of phenolic OH excluding ortho intramolecular Hbond substituents is 1. The first kappa shape index (κ1) is 18.1. The van der Waals surface area contributed by atoms with Gasteiger partial charge < -0.3 is 19.6 Å². The molecule has 0 aliphatic carbocycles. The maximum absolute atomic E-state index is 12.7. The number of piperazine rings is 1. The van der Waals surface area contributed by atoms with Gasteiger partial charge in [-0.1, -0.05) is 24.3 Å². The fraction of sp³-hybridized carbons (Fsp3) is 0.381. The van der Waals surface area contributed by atoms with E-state index in [0.717, 1.165) is 22.6 Å². The molecule has 138 valence electrons. The van der Waals surface area contributed by atoms with Gasteiger partial charge in [0.2, 0.25) is 0 Å². The van der Waals surface area contributed by atoms with Crippen LogP contribution in [0.5, 0.6) is 11.5 Å². The molecular formula is C21H26N2O3. The lowest BCUT2D eigenvalue weighted by Gasteiger charge is -2.37. The van der Waals surface area contributed by atoms with E-state index < -0.39 is 6.10 Å². The van der Waals surface area contributed by atoms with E-state index >= 15 is 0 Å². The third-order valence-corrected chi connectivity index (χ3v) is 5.02. The molecular weight excluding hydrogens is 328 g/mol. The SMILES string of the molecule is Cc1cccc(O[C@@H](C)C(=O)N2CCN(c3ccccc3O)CC2)c1C. The molecule has 1 atom stereocenters. The molecule has 0 saturated carbocycles. The van der Waals surface area contributed by atoms with Gasteiger partial charge in [-0.25, -0.2) is 0 Å². The zero-order chi connectivity index (χ0) is 18.7. The monoisotopic (exact) mass is 354 g/mol. The number of carbonyl (C=O) groups is 1. The number of para-hydroxylation sites is 2. The molecule has 1 N–H and O–H groups in total. The third-order valence-electron chi connectivity index (χ3n) is 5.02. The molecule has 1 aliphatic heterocycles. The summed E-state index contributed by atoms with van der Waals surface area (Å²) in [4.78, 5) is 16.7. The van der Waals surface area contributed by atoms with Gasteiger partial charge >= 0.3 is 0 Å². The number of amides is 1. The Labute approximate surface area is 154 Å². The molecule has 0 spiro atoms. The molecule has 1 saturated heterocycles. The van der Waals surface area contributed by atoms with Crippen molar-refractivity contribution in [2.45, 2.75) is 26.9 Å². The minimum absolute atomic E-state index is 0.00263. The molecule has 0 unspecified atom stereocenters. The number of carbonyl (C=O) groups excluding carboxylic acids is 1. The van der Waals surface area contributed by atoms with E-state index in [1.54, 1.807) is 13.0 Å². The number of hydrogen-bond donors (Lipinski definition) is 1. The topological polar surface area (TPSA) is 53.0 Å². The molecule has 1 amide bonds. The Morgan fingerprint density at radius 1 is 1.04 bits per heavy atom. The van der Waals surface area contributed by atoms with Gasteiger partial charge in [-0.3, -0.25) is 4.79 Å². The summed E-state index contributed by atoms with van der Waals surface area (Å²) >= 11 is 0. The molecule has 1 heterocycles. The van der Waals surface area contributed by atoms with Crippen molar-refractivity contribution < 1.29 is 14.6 Å². The fourth-order valence-electron chi connectivity index (χ4n) is 3.25. The number of aryl methyl sites for hydroxylation is 1. The Balaban J connectivity index is 1.59. The zero-order valence-electron chi connectivity index (χ0n) is 15.6. The molecule has 2 aromatic carbocycles. The van der Waals surface area contributed by atoms with Gasteiger partial charge in [0.1, 0.15) is 11.5 Å². The summed E-state index contributed by atoms with van der Waals surface area (Å²) in [7, 11) is 0. The molecule has 5 heteroatoms. The number of aromatic hydroxyl groups is 1. The first-order valence-electron chi connectivity index (χ1n) is 9.02. The normalized spacial score (nSPS) is 15.7. The van der Waals surface area contributed by atoms with Crippen LogP contribution in [-0.2, 0) is 4.79 Å². The number of nitrogens with zero attached hydrogens (tertiary/aromatic N) is 2. The van der Waals surface area contributed by atoms with Crippen molar-refractivity contribution in [1.29, 1.82) is 0 Å². The van der Waals surface area contributed by atoms with E-state index in [-0.39, 0.29) is 11.7 Å². The van der Waals surface area contributed by atoms with E-state index in [2.05, 4.69) is 4.90 Å². The smallest absolute Gasteiger partial charge is 0.263 e. The summed E-state index contributed by atoms with van der Waals surface area (Å²) in [6.07, 6.45) is -0.521. The second kappa shape index (κ2) is 7.68. The maximum Gasteiger partial charge on any atom is 0.263 e.